The zero-order valence-electron chi connectivity index (χ0n) is 16.1. The van der Waals surface area contributed by atoms with Gasteiger partial charge in [-0.15, -0.1) is 0 Å². The lowest BCUT2D eigenvalue weighted by Gasteiger charge is -2.36. The van der Waals surface area contributed by atoms with Gasteiger partial charge in [0.1, 0.15) is 11.6 Å². The van der Waals surface area contributed by atoms with Crippen LogP contribution in [0.25, 0.3) is 0 Å². The van der Waals surface area contributed by atoms with Crippen molar-refractivity contribution in [3.05, 3.63) is 89.9 Å². The van der Waals surface area contributed by atoms with E-state index in [1.165, 1.54) is 17.7 Å². The monoisotopic (exact) mass is 390 g/mol. The molecule has 148 valence electrons. The van der Waals surface area contributed by atoms with E-state index in [0.29, 0.717) is 5.82 Å². The van der Waals surface area contributed by atoms with Gasteiger partial charge in [0.2, 0.25) is 0 Å². The summed E-state index contributed by atoms with van der Waals surface area (Å²) in [6, 6.07) is 20.1. The van der Waals surface area contributed by atoms with E-state index in [0.717, 1.165) is 38.4 Å². The zero-order valence-corrected chi connectivity index (χ0v) is 16.1. The van der Waals surface area contributed by atoms with Gasteiger partial charge in [0, 0.05) is 32.7 Å². The number of halogens is 1. The molecule has 5 nitrogen and oxygen atoms in total. The third-order valence-electron chi connectivity index (χ3n) is 5.09. The molecule has 0 atom stereocenters. The van der Waals surface area contributed by atoms with E-state index in [-0.39, 0.29) is 5.56 Å². The second-order valence-electron chi connectivity index (χ2n) is 7.08. The van der Waals surface area contributed by atoms with Gasteiger partial charge in [-0.25, -0.2) is 9.37 Å². The summed E-state index contributed by atoms with van der Waals surface area (Å²) >= 11 is 0. The molecule has 0 aliphatic carbocycles. The van der Waals surface area contributed by atoms with E-state index in [4.69, 9.17) is 0 Å². The Hall–Kier alpha value is -3.25. The van der Waals surface area contributed by atoms with Crippen LogP contribution >= 0.6 is 0 Å². The Kier molecular flexibility index (Phi) is 5.81. The fourth-order valence-corrected chi connectivity index (χ4v) is 3.48. The Balaban J connectivity index is 1.32. The minimum Gasteiger partial charge on any atom is -0.368 e. The molecular formula is C23H23FN4O. The first-order valence-corrected chi connectivity index (χ1v) is 9.72. The van der Waals surface area contributed by atoms with E-state index < -0.39 is 11.7 Å². The summed E-state index contributed by atoms with van der Waals surface area (Å²) in [7, 11) is 0. The predicted octanol–water partition coefficient (Wildman–Crippen LogP) is 3.80. The van der Waals surface area contributed by atoms with Crippen LogP contribution < -0.4 is 10.2 Å². The minimum atomic E-state index is -0.546. The Morgan fingerprint density at radius 2 is 1.66 bits per heavy atom. The molecular weight excluding hydrogens is 367 g/mol. The molecule has 1 amide bonds. The quantitative estimate of drug-likeness (QED) is 0.720. The Morgan fingerprint density at radius 3 is 2.34 bits per heavy atom. The molecule has 1 aliphatic rings. The number of carbonyl (C=O) groups is 1. The van der Waals surface area contributed by atoms with Gasteiger partial charge in [-0.05, 0) is 29.8 Å². The lowest BCUT2D eigenvalue weighted by atomic mass is 10.2. The van der Waals surface area contributed by atoms with Gasteiger partial charge in [0.25, 0.3) is 5.91 Å². The van der Waals surface area contributed by atoms with Crippen LogP contribution in [0.15, 0.2) is 72.9 Å². The molecule has 3 aromatic rings. The molecule has 1 aromatic heterocycles. The van der Waals surface area contributed by atoms with Crippen LogP contribution in [0.5, 0.6) is 0 Å². The Morgan fingerprint density at radius 1 is 0.931 bits per heavy atom. The van der Waals surface area contributed by atoms with Crippen molar-refractivity contribution in [3.63, 3.8) is 0 Å². The molecule has 0 radical (unpaired) electrons. The number of pyridine rings is 1. The van der Waals surface area contributed by atoms with E-state index in [9.17, 15) is 9.18 Å². The van der Waals surface area contributed by atoms with Crippen molar-refractivity contribution in [1.82, 2.24) is 9.88 Å². The molecule has 1 saturated heterocycles. The van der Waals surface area contributed by atoms with Crippen molar-refractivity contribution in [2.24, 2.45) is 0 Å². The molecule has 0 spiro atoms. The van der Waals surface area contributed by atoms with Crippen LogP contribution in [0.3, 0.4) is 0 Å². The standard InChI is InChI=1S/C23H23FN4O/c24-21-9-5-4-8-20(21)23(29)26-22-11-10-19(16-25-22)28-14-12-27(13-15-28)17-18-6-2-1-3-7-18/h1-11,16H,12-15,17H2,(H,25,26,29). The zero-order chi connectivity index (χ0) is 20.1. The third-order valence-corrected chi connectivity index (χ3v) is 5.09. The number of rotatable bonds is 5. The van der Waals surface area contributed by atoms with Crippen molar-refractivity contribution in [2.45, 2.75) is 6.54 Å². The number of piperazine rings is 1. The number of anilines is 2. The van der Waals surface area contributed by atoms with Crippen LogP contribution in [0.1, 0.15) is 15.9 Å². The molecule has 1 N–H and O–H groups in total. The summed E-state index contributed by atoms with van der Waals surface area (Å²) in [6.45, 7) is 4.79. The van der Waals surface area contributed by atoms with Gasteiger partial charge < -0.3 is 10.2 Å². The van der Waals surface area contributed by atoms with Crippen LogP contribution in [0, 0.1) is 5.82 Å². The molecule has 4 rings (SSSR count). The lowest BCUT2D eigenvalue weighted by molar-refractivity contribution is 0.102. The van der Waals surface area contributed by atoms with E-state index in [2.05, 4.69) is 44.4 Å². The number of hydrogen-bond donors (Lipinski definition) is 1. The average molecular weight is 390 g/mol. The summed E-state index contributed by atoms with van der Waals surface area (Å²) < 4.78 is 13.7. The van der Waals surface area contributed by atoms with E-state index in [1.54, 1.807) is 24.4 Å². The Labute approximate surface area is 169 Å². The van der Waals surface area contributed by atoms with Gasteiger partial charge in [-0.1, -0.05) is 42.5 Å². The highest BCUT2D eigenvalue weighted by molar-refractivity contribution is 6.03. The third kappa shape index (κ3) is 4.78. The number of carbonyl (C=O) groups excluding carboxylic acids is 1. The van der Waals surface area contributed by atoms with Crippen molar-refractivity contribution in [3.8, 4) is 0 Å². The highest BCUT2D eigenvalue weighted by atomic mass is 19.1. The summed E-state index contributed by atoms with van der Waals surface area (Å²) in [5.41, 5.74) is 2.36. The van der Waals surface area contributed by atoms with Gasteiger partial charge in [-0.2, -0.15) is 0 Å². The summed E-state index contributed by atoms with van der Waals surface area (Å²) in [4.78, 5) is 21.3. The lowest BCUT2D eigenvalue weighted by Crippen LogP contribution is -2.46. The van der Waals surface area contributed by atoms with Gasteiger partial charge in [-0.3, -0.25) is 9.69 Å². The number of benzene rings is 2. The van der Waals surface area contributed by atoms with Crippen LogP contribution in [-0.4, -0.2) is 42.0 Å². The average Bonchev–Trinajstić information content (AvgIpc) is 2.76. The predicted molar refractivity (Wildman–Crippen MR) is 113 cm³/mol. The molecule has 2 aromatic carbocycles. The number of nitrogens with one attached hydrogen (secondary N) is 1. The van der Waals surface area contributed by atoms with Crippen molar-refractivity contribution in [1.29, 1.82) is 0 Å². The number of aromatic nitrogens is 1. The molecule has 6 heteroatoms. The normalized spacial score (nSPS) is 14.6. The van der Waals surface area contributed by atoms with Crippen LogP contribution in [0.2, 0.25) is 0 Å². The summed E-state index contributed by atoms with van der Waals surface area (Å²) in [6.07, 6.45) is 1.75. The Bertz CT molecular complexity index is 954. The van der Waals surface area contributed by atoms with E-state index >= 15 is 0 Å². The second kappa shape index (κ2) is 8.84. The summed E-state index contributed by atoms with van der Waals surface area (Å²) in [5, 5.41) is 2.65. The van der Waals surface area contributed by atoms with E-state index in [1.807, 2.05) is 12.1 Å². The largest absolute Gasteiger partial charge is 0.368 e. The first kappa shape index (κ1) is 19.1. The molecule has 0 unspecified atom stereocenters. The number of hydrogen-bond acceptors (Lipinski definition) is 4. The maximum Gasteiger partial charge on any atom is 0.259 e. The van der Waals surface area contributed by atoms with Crippen molar-refractivity contribution < 1.29 is 9.18 Å². The molecule has 0 saturated carbocycles. The molecule has 1 fully saturated rings. The second-order valence-corrected chi connectivity index (χ2v) is 7.08. The van der Waals surface area contributed by atoms with Crippen molar-refractivity contribution in [2.75, 3.05) is 36.4 Å². The van der Waals surface area contributed by atoms with Gasteiger partial charge in [0.05, 0.1) is 17.4 Å². The van der Waals surface area contributed by atoms with Crippen LogP contribution in [-0.2, 0) is 6.54 Å². The smallest absolute Gasteiger partial charge is 0.259 e. The first-order valence-electron chi connectivity index (χ1n) is 9.72. The minimum absolute atomic E-state index is 0.00733. The molecule has 29 heavy (non-hydrogen) atoms. The van der Waals surface area contributed by atoms with Gasteiger partial charge in [0.15, 0.2) is 0 Å². The summed E-state index contributed by atoms with van der Waals surface area (Å²) in [5.74, 6) is -0.641. The fourth-order valence-electron chi connectivity index (χ4n) is 3.48. The highest BCUT2D eigenvalue weighted by Gasteiger charge is 2.18. The maximum atomic E-state index is 13.7. The fraction of sp³-hybridized carbons (Fsp3) is 0.217. The topological polar surface area (TPSA) is 48.5 Å². The van der Waals surface area contributed by atoms with Gasteiger partial charge >= 0.3 is 0 Å². The molecule has 1 aliphatic heterocycles. The van der Waals surface area contributed by atoms with Crippen LogP contribution in [0.4, 0.5) is 15.9 Å². The first-order chi connectivity index (χ1) is 14.2. The highest BCUT2D eigenvalue weighted by Crippen LogP contribution is 2.19. The molecule has 0 bridgehead atoms. The number of amides is 1. The SMILES string of the molecule is O=C(Nc1ccc(N2CCN(Cc3ccccc3)CC2)cn1)c1ccccc1F. The number of nitrogens with zero attached hydrogens (tertiary/aromatic N) is 3. The maximum absolute atomic E-state index is 13.7. The molecule has 2 heterocycles. The van der Waals surface area contributed by atoms with Crippen molar-refractivity contribution >= 4 is 17.4 Å².